The van der Waals surface area contributed by atoms with Crippen LogP contribution in [0.3, 0.4) is 0 Å². The number of nitrogens with one attached hydrogen (secondary N) is 1. The van der Waals surface area contributed by atoms with E-state index in [4.69, 9.17) is 4.74 Å². The molecule has 1 aliphatic heterocycles. The van der Waals surface area contributed by atoms with Crippen LogP contribution in [0.1, 0.15) is 24.5 Å². The summed E-state index contributed by atoms with van der Waals surface area (Å²) in [4.78, 5) is 16.4. The molecule has 0 saturated heterocycles. The number of hydrogen-bond donors (Lipinski definition) is 1. The Morgan fingerprint density at radius 1 is 1.12 bits per heavy atom. The van der Waals surface area contributed by atoms with Crippen LogP contribution in [0.4, 0.5) is 4.39 Å². The van der Waals surface area contributed by atoms with Gasteiger partial charge in [0.25, 0.3) is 5.91 Å². The zero-order valence-electron chi connectivity index (χ0n) is 14.0. The molecule has 1 amide bonds. The lowest BCUT2D eigenvalue weighted by Crippen LogP contribution is -2.24. The van der Waals surface area contributed by atoms with Crippen LogP contribution in [-0.2, 0) is 11.2 Å². The smallest absolute Gasteiger partial charge is 0.275 e. The summed E-state index contributed by atoms with van der Waals surface area (Å²) in [7, 11) is 0. The first kappa shape index (κ1) is 16.9. The molecule has 0 saturated carbocycles. The number of aryl methyl sites for hydroxylation is 1. The molecule has 128 valence electrons. The van der Waals surface area contributed by atoms with E-state index in [0.29, 0.717) is 36.5 Å². The van der Waals surface area contributed by atoms with Gasteiger partial charge in [-0.3, -0.25) is 4.79 Å². The van der Waals surface area contributed by atoms with E-state index < -0.39 is 0 Å². The number of aliphatic imine (C=N–C) groups is 1. The fraction of sp³-hybridized carbons (Fsp3) is 0.200. The van der Waals surface area contributed by atoms with Crippen molar-refractivity contribution >= 4 is 17.8 Å². The van der Waals surface area contributed by atoms with Gasteiger partial charge in [-0.1, -0.05) is 30.3 Å². The highest BCUT2D eigenvalue weighted by atomic mass is 19.1. The normalized spacial score (nSPS) is 15.2. The zero-order chi connectivity index (χ0) is 17.6. The van der Waals surface area contributed by atoms with Crippen molar-refractivity contribution in [2.75, 3.05) is 6.61 Å². The van der Waals surface area contributed by atoms with E-state index in [1.54, 1.807) is 24.3 Å². The molecule has 2 aromatic rings. The van der Waals surface area contributed by atoms with E-state index in [9.17, 15) is 9.18 Å². The second-order valence-corrected chi connectivity index (χ2v) is 5.64. The Hall–Kier alpha value is -2.95. The Labute approximate surface area is 146 Å². The summed E-state index contributed by atoms with van der Waals surface area (Å²) >= 11 is 0. The van der Waals surface area contributed by atoms with Crippen molar-refractivity contribution in [3.8, 4) is 5.75 Å². The largest absolute Gasteiger partial charge is 0.494 e. The number of ether oxygens (including phenoxy) is 1. The lowest BCUT2D eigenvalue weighted by molar-refractivity contribution is -0.115. The van der Waals surface area contributed by atoms with Crippen molar-refractivity contribution < 1.29 is 13.9 Å². The van der Waals surface area contributed by atoms with Crippen molar-refractivity contribution in [3.63, 3.8) is 0 Å². The highest BCUT2D eigenvalue weighted by molar-refractivity contribution is 6.14. The molecular formula is C20H19FN2O2. The highest BCUT2D eigenvalue weighted by Crippen LogP contribution is 2.18. The SMILES string of the molecule is CCOc1ccc(/C=C2/N=C(CCc3ccccc3F)NC2=O)cc1. The van der Waals surface area contributed by atoms with Crippen molar-refractivity contribution in [2.24, 2.45) is 4.99 Å². The topological polar surface area (TPSA) is 50.7 Å². The average molecular weight is 338 g/mol. The minimum absolute atomic E-state index is 0.238. The van der Waals surface area contributed by atoms with Crippen molar-refractivity contribution in [2.45, 2.75) is 19.8 Å². The Kier molecular flexibility index (Phi) is 5.23. The summed E-state index contributed by atoms with van der Waals surface area (Å²) in [6.45, 7) is 2.54. The van der Waals surface area contributed by atoms with Crippen LogP contribution < -0.4 is 10.1 Å². The Morgan fingerprint density at radius 3 is 2.60 bits per heavy atom. The van der Waals surface area contributed by atoms with Crippen LogP contribution in [0.15, 0.2) is 59.2 Å². The summed E-state index contributed by atoms with van der Waals surface area (Å²) in [6.07, 6.45) is 2.69. The van der Waals surface area contributed by atoms with Gasteiger partial charge in [0.05, 0.1) is 6.61 Å². The third-order valence-corrected chi connectivity index (χ3v) is 3.83. The second kappa shape index (κ2) is 7.75. The Balaban J connectivity index is 1.68. The number of carbonyl (C=O) groups excluding carboxylic acids is 1. The fourth-order valence-electron chi connectivity index (χ4n) is 2.57. The number of carbonyl (C=O) groups is 1. The first-order valence-electron chi connectivity index (χ1n) is 8.22. The molecule has 1 aliphatic rings. The van der Waals surface area contributed by atoms with Crippen molar-refractivity contribution in [3.05, 3.63) is 71.2 Å². The minimum atomic E-state index is -0.239. The first-order chi connectivity index (χ1) is 12.2. The molecule has 0 unspecified atom stereocenters. The standard InChI is InChI=1S/C20H19FN2O2/c1-2-25-16-10-7-14(8-11-16)13-18-20(24)23-19(22-18)12-9-15-5-3-4-6-17(15)21/h3-8,10-11,13H,2,9,12H2,1H3,(H,22,23,24)/b18-13+. The van der Waals surface area contributed by atoms with Crippen LogP contribution >= 0.6 is 0 Å². The molecular weight excluding hydrogens is 319 g/mol. The van der Waals surface area contributed by atoms with Gasteiger partial charge in [0.1, 0.15) is 23.1 Å². The molecule has 0 spiro atoms. The summed E-state index contributed by atoms with van der Waals surface area (Å²) in [5.74, 6) is 0.870. The Bertz CT molecular complexity index is 826. The number of halogens is 1. The number of amides is 1. The fourth-order valence-corrected chi connectivity index (χ4v) is 2.57. The number of hydrogen-bond acceptors (Lipinski definition) is 3. The third-order valence-electron chi connectivity index (χ3n) is 3.83. The quantitative estimate of drug-likeness (QED) is 0.816. The molecule has 1 heterocycles. The van der Waals surface area contributed by atoms with Crippen LogP contribution in [0, 0.1) is 5.82 Å². The van der Waals surface area contributed by atoms with Gasteiger partial charge in [0, 0.05) is 6.42 Å². The maximum atomic E-state index is 13.6. The second-order valence-electron chi connectivity index (χ2n) is 5.64. The number of rotatable bonds is 6. The molecule has 2 aromatic carbocycles. The van der Waals surface area contributed by atoms with Crippen LogP contribution in [0.2, 0.25) is 0 Å². The van der Waals surface area contributed by atoms with Crippen LogP contribution in [-0.4, -0.2) is 18.3 Å². The Morgan fingerprint density at radius 2 is 1.88 bits per heavy atom. The molecule has 0 atom stereocenters. The monoisotopic (exact) mass is 338 g/mol. The molecule has 1 N–H and O–H groups in total. The predicted octanol–water partition coefficient (Wildman–Crippen LogP) is 3.73. The highest BCUT2D eigenvalue weighted by Gasteiger charge is 2.19. The predicted molar refractivity (Wildman–Crippen MR) is 95.9 cm³/mol. The summed E-state index contributed by atoms with van der Waals surface area (Å²) in [5, 5.41) is 2.74. The lowest BCUT2D eigenvalue weighted by atomic mass is 10.1. The van der Waals surface area contributed by atoms with Gasteiger partial charge in [-0.2, -0.15) is 0 Å². The molecule has 3 rings (SSSR count). The molecule has 5 heteroatoms. The maximum absolute atomic E-state index is 13.6. The minimum Gasteiger partial charge on any atom is -0.494 e. The van der Waals surface area contributed by atoms with Gasteiger partial charge in [0.15, 0.2) is 0 Å². The van der Waals surface area contributed by atoms with E-state index >= 15 is 0 Å². The van der Waals surface area contributed by atoms with E-state index in [0.717, 1.165) is 11.3 Å². The van der Waals surface area contributed by atoms with E-state index in [2.05, 4.69) is 10.3 Å². The third kappa shape index (κ3) is 4.32. The van der Waals surface area contributed by atoms with Gasteiger partial charge in [-0.15, -0.1) is 0 Å². The zero-order valence-corrected chi connectivity index (χ0v) is 14.0. The summed E-state index contributed by atoms with van der Waals surface area (Å²) < 4.78 is 19.0. The van der Waals surface area contributed by atoms with E-state index in [1.807, 2.05) is 31.2 Å². The number of benzene rings is 2. The van der Waals surface area contributed by atoms with Crippen LogP contribution in [0.5, 0.6) is 5.75 Å². The van der Waals surface area contributed by atoms with E-state index in [-0.39, 0.29) is 11.7 Å². The number of nitrogens with zero attached hydrogens (tertiary/aromatic N) is 1. The molecule has 25 heavy (non-hydrogen) atoms. The lowest BCUT2D eigenvalue weighted by Gasteiger charge is -2.02. The van der Waals surface area contributed by atoms with Gasteiger partial charge in [0.2, 0.25) is 0 Å². The van der Waals surface area contributed by atoms with Gasteiger partial charge >= 0.3 is 0 Å². The molecule has 4 nitrogen and oxygen atoms in total. The van der Waals surface area contributed by atoms with E-state index in [1.165, 1.54) is 6.07 Å². The van der Waals surface area contributed by atoms with Gasteiger partial charge < -0.3 is 10.1 Å². The van der Waals surface area contributed by atoms with Crippen molar-refractivity contribution in [1.82, 2.24) is 5.32 Å². The molecule has 0 fully saturated rings. The maximum Gasteiger partial charge on any atom is 0.275 e. The average Bonchev–Trinajstić information content (AvgIpc) is 2.96. The molecule has 0 bridgehead atoms. The van der Waals surface area contributed by atoms with Gasteiger partial charge in [-0.25, -0.2) is 9.38 Å². The molecule has 0 radical (unpaired) electrons. The first-order valence-corrected chi connectivity index (χ1v) is 8.22. The van der Waals surface area contributed by atoms with Crippen LogP contribution in [0.25, 0.3) is 6.08 Å². The molecule has 0 aromatic heterocycles. The molecule has 0 aliphatic carbocycles. The summed E-state index contributed by atoms with van der Waals surface area (Å²) in [6, 6.07) is 14.1. The van der Waals surface area contributed by atoms with Crippen molar-refractivity contribution in [1.29, 1.82) is 0 Å². The number of amidine groups is 1. The van der Waals surface area contributed by atoms with Gasteiger partial charge in [-0.05, 0) is 48.7 Å². The summed E-state index contributed by atoms with van der Waals surface area (Å²) in [5.41, 5.74) is 1.84.